The van der Waals surface area contributed by atoms with E-state index in [9.17, 15) is 13.2 Å². The summed E-state index contributed by atoms with van der Waals surface area (Å²) in [5.74, 6) is -1.07. The van der Waals surface area contributed by atoms with Gasteiger partial charge in [0.2, 0.25) is 0 Å². The average Bonchev–Trinajstić information content (AvgIpc) is 2.84. The van der Waals surface area contributed by atoms with Crippen molar-refractivity contribution in [3.63, 3.8) is 0 Å². The maximum absolute atomic E-state index is 13.8. The Labute approximate surface area is 208 Å². The lowest BCUT2D eigenvalue weighted by Crippen LogP contribution is -2.19. The van der Waals surface area contributed by atoms with Gasteiger partial charge in [-0.3, -0.25) is 9.19 Å². The lowest BCUT2D eigenvalue weighted by atomic mass is 9.76. The van der Waals surface area contributed by atoms with E-state index in [2.05, 4.69) is 14.7 Å². The zero-order chi connectivity index (χ0) is 24.1. The third-order valence-corrected chi connectivity index (χ3v) is 6.13. The highest BCUT2D eigenvalue weighted by Gasteiger charge is 2.30. The van der Waals surface area contributed by atoms with Gasteiger partial charge in [-0.25, -0.2) is 19.1 Å². The molecule has 4 rings (SSSR count). The number of rotatable bonds is 8. The highest BCUT2D eigenvalue weighted by atomic mass is 35.5. The van der Waals surface area contributed by atoms with Crippen molar-refractivity contribution in [2.45, 2.75) is 18.4 Å². The van der Waals surface area contributed by atoms with E-state index in [-0.39, 0.29) is 24.2 Å². The van der Waals surface area contributed by atoms with Crippen LogP contribution in [0.3, 0.4) is 0 Å². The predicted molar refractivity (Wildman–Crippen MR) is 129 cm³/mol. The lowest BCUT2D eigenvalue weighted by Gasteiger charge is -2.28. The van der Waals surface area contributed by atoms with E-state index < -0.39 is 11.3 Å². The third-order valence-electron chi connectivity index (χ3n) is 5.30. The summed E-state index contributed by atoms with van der Waals surface area (Å²) in [5.41, 5.74) is 3.69. The van der Waals surface area contributed by atoms with E-state index in [1.54, 1.807) is 48.8 Å². The Hall–Kier alpha value is -2.75. The molecule has 10 heteroatoms. The molecule has 0 bridgehead atoms. The number of aromatic nitrogens is 3. The van der Waals surface area contributed by atoms with Crippen molar-refractivity contribution in [2.75, 3.05) is 0 Å². The maximum Gasteiger partial charge on any atom is 0.129 e. The summed E-state index contributed by atoms with van der Waals surface area (Å²) in [6.07, 6.45) is 3.37. The molecule has 0 fully saturated rings. The summed E-state index contributed by atoms with van der Waals surface area (Å²) in [6, 6.07) is 18.7. The smallest absolute Gasteiger partial charge is 0.129 e. The van der Waals surface area contributed by atoms with E-state index in [4.69, 9.17) is 28.2 Å². The van der Waals surface area contributed by atoms with Crippen LogP contribution in [0.1, 0.15) is 39.9 Å². The Balaban J connectivity index is 1.89. The lowest BCUT2D eigenvalue weighted by molar-refractivity contribution is 0.521. The maximum atomic E-state index is 13.8. The molecule has 0 amide bonds. The zero-order valence-corrected chi connectivity index (χ0v) is 19.9. The molecule has 0 saturated carbocycles. The molecule has 0 radical (unpaired) electrons. The van der Waals surface area contributed by atoms with E-state index >= 15 is 0 Å². The first kappa shape index (κ1) is 24.4. The van der Waals surface area contributed by atoms with Gasteiger partial charge in [0.1, 0.15) is 16.1 Å². The van der Waals surface area contributed by atoms with Crippen LogP contribution < -0.4 is 4.72 Å². The second kappa shape index (κ2) is 11.1. The fraction of sp³-hybridized carbons (Fsp3) is 0.125. The quantitative estimate of drug-likeness (QED) is 0.258. The molecule has 1 N–H and O–H groups in total. The van der Waals surface area contributed by atoms with Gasteiger partial charge < -0.3 is 4.55 Å². The number of nitrogens with zero attached hydrogens (tertiary/aromatic N) is 3. The molecule has 2 atom stereocenters. The molecule has 0 saturated heterocycles. The molecule has 34 heavy (non-hydrogen) atoms. The fourth-order valence-corrected chi connectivity index (χ4v) is 4.32. The summed E-state index contributed by atoms with van der Waals surface area (Å²) < 4.78 is 38.1. The van der Waals surface area contributed by atoms with Crippen LogP contribution in [0.5, 0.6) is 0 Å². The van der Waals surface area contributed by atoms with Crippen molar-refractivity contribution in [3.8, 4) is 0 Å². The van der Waals surface area contributed by atoms with Crippen molar-refractivity contribution in [1.29, 1.82) is 0 Å². The normalized spacial score (nSPS) is 13.1. The topological polar surface area (TPSA) is 90.8 Å². The number of pyridine rings is 3. The Morgan fingerprint density at radius 2 is 1.44 bits per heavy atom. The molecule has 4 aromatic rings. The first-order chi connectivity index (χ1) is 16.4. The SMILES string of the molecule is O=S([O-])NCc1cccc(C(c2ccc(F)cc2)C(c2ccc(Cl)nc2)c2ccc(Cl)nc2)n1. The van der Waals surface area contributed by atoms with Gasteiger partial charge >= 0.3 is 0 Å². The number of hydrogen-bond donors (Lipinski definition) is 1. The third kappa shape index (κ3) is 6.02. The summed E-state index contributed by atoms with van der Waals surface area (Å²) >= 11 is 9.67. The van der Waals surface area contributed by atoms with Gasteiger partial charge in [0.25, 0.3) is 0 Å². The molecule has 2 unspecified atom stereocenters. The van der Waals surface area contributed by atoms with Crippen LogP contribution in [0.25, 0.3) is 0 Å². The van der Waals surface area contributed by atoms with Crippen LogP contribution in [-0.2, 0) is 17.8 Å². The summed E-state index contributed by atoms with van der Waals surface area (Å²) in [6.45, 7) is 0.0375. The van der Waals surface area contributed by atoms with Gasteiger partial charge in [0.15, 0.2) is 0 Å². The number of benzene rings is 1. The van der Waals surface area contributed by atoms with Crippen LogP contribution in [0.15, 0.2) is 79.1 Å². The molecule has 3 aromatic heterocycles. The van der Waals surface area contributed by atoms with Gasteiger partial charge in [-0.15, -0.1) is 0 Å². The minimum Gasteiger partial charge on any atom is -0.760 e. The van der Waals surface area contributed by atoms with Gasteiger partial charge in [-0.05, 0) is 53.1 Å². The van der Waals surface area contributed by atoms with Crippen molar-refractivity contribution in [2.24, 2.45) is 0 Å². The Bertz CT molecular complexity index is 1230. The molecular formula is C24H18Cl2FN4O2S-. The summed E-state index contributed by atoms with van der Waals surface area (Å²) in [5, 5.41) is 0.707. The minimum atomic E-state index is -2.42. The number of halogens is 3. The highest BCUT2D eigenvalue weighted by molar-refractivity contribution is 7.77. The molecule has 3 heterocycles. The van der Waals surface area contributed by atoms with Crippen LogP contribution >= 0.6 is 23.2 Å². The predicted octanol–water partition coefficient (Wildman–Crippen LogP) is 5.17. The van der Waals surface area contributed by atoms with E-state index in [1.165, 1.54) is 12.1 Å². The van der Waals surface area contributed by atoms with Crippen molar-refractivity contribution >= 4 is 34.5 Å². The molecule has 174 valence electrons. The van der Waals surface area contributed by atoms with Crippen molar-refractivity contribution in [3.05, 3.63) is 123 Å². The van der Waals surface area contributed by atoms with Gasteiger partial charge in [-0.1, -0.05) is 53.5 Å². The minimum absolute atomic E-state index is 0.0375. The second-order valence-electron chi connectivity index (χ2n) is 7.45. The van der Waals surface area contributed by atoms with Crippen LogP contribution in [0.2, 0.25) is 10.3 Å². The van der Waals surface area contributed by atoms with Crippen molar-refractivity contribution in [1.82, 2.24) is 19.7 Å². The molecule has 0 aliphatic carbocycles. The molecule has 0 aliphatic heterocycles. The largest absolute Gasteiger partial charge is 0.760 e. The van der Waals surface area contributed by atoms with E-state index in [1.807, 2.05) is 18.2 Å². The number of hydrogen-bond acceptors (Lipinski definition) is 5. The first-order valence-electron chi connectivity index (χ1n) is 10.2. The van der Waals surface area contributed by atoms with Gasteiger partial charge in [0.05, 0.1) is 5.69 Å². The Morgan fingerprint density at radius 3 is 1.97 bits per heavy atom. The zero-order valence-electron chi connectivity index (χ0n) is 17.6. The number of nitrogens with one attached hydrogen (secondary N) is 1. The van der Waals surface area contributed by atoms with E-state index in [0.717, 1.165) is 16.7 Å². The fourth-order valence-electron chi connectivity index (χ4n) is 3.83. The second-order valence-corrected chi connectivity index (χ2v) is 8.98. The Morgan fingerprint density at radius 1 is 0.853 bits per heavy atom. The highest BCUT2D eigenvalue weighted by Crippen LogP contribution is 2.42. The van der Waals surface area contributed by atoms with Gasteiger partial charge in [0, 0.05) is 47.7 Å². The van der Waals surface area contributed by atoms with Crippen LogP contribution in [-0.4, -0.2) is 23.7 Å². The summed E-state index contributed by atoms with van der Waals surface area (Å²) in [4.78, 5) is 13.2. The molecular weight excluding hydrogens is 498 g/mol. The monoisotopic (exact) mass is 515 g/mol. The van der Waals surface area contributed by atoms with Crippen LogP contribution in [0.4, 0.5) is 4.39 Å². The first-order valence-corrected chi connectivity index (χ1v) is 12.0. The molecule has 6 nitrogen and oxygen atoms in total. The van der Waals surface area contributed by atoms with Crippen molar-refractivity contribution < 1.29 is 13.2 Å². The molecule has 0 aliphatic rings. The summed E-state index contributed by atoms with van der Waals surface area (Å²) in [7, 11) is 0. The molecule has 0 spiro atoms. The molecule has 1 aromatic carbocycles. The Kier molecular flexibility index (Phi) is 7.97. The van der Waals surface area contributed by atoms with Gasteiger partial charge in [-0.2, -0.15) is 0 Å². The average molecular weight is 516 g/mol. The van der Waals surface area contributed by atoms with Crippen LogP contribution in [0, 0.1) is 5.82 Å². The standard InChI is InChI=1S/C24H19Cl2FN4O2S/c25-21-10-6-16(12-28-21)23(17-7-11-22(26)29-13-17)24(15-4-8-18(27)9-5-15)20-3-1-2-19(31-20)14-30-34(32)33/h1-13,23-24,30H,14H2,(H,32,33)/p-1. The van der Waals surface area contributed by atoms with E-state index in [0.29, 0.717) is 21.7 Å².